The van der Waals surface area contributed by atoms with E-state index in [2.05, 4.69) is 34.3 Å². The maximum atomic E-state index is 8.85. The number of aliphatic hydroxyl groups is 1. The minimum atomic E-state index is 0.159. The van der Waals surface area contributed by atoms with Crippen molar-refractivity contribution >= 4 is 39.0 Å². The average molecular weight is 310 g/mol. The maximum absolute atomic E-state index is 8.85. The highest BCUT2D eigenvalue weighted by Crippen LogP contribution is 2.37. The van der Waals surface area contributed by atoms with Crippen LogP contribution in [-0.4, -0.2) is 23.5 Å². The smallest absolute Gasteiger partial charge is 0.0543 e. The van der Waals surface area contributed by atoms with Crippen LogP contribution >= 0.6 is 39.0 Å². The van der Waals surface area contributed by atoms with Gasteiger partial charge in [-0.1, -0.05) is 6.92 Å². The Morgan fingerprint density at radius 3 is 2.87 bits per heavy atom. The largest absolute Gasteiger partial charge is 0.396 e. The zero-order valence-corrected chi connectivity index (χ0v) is 11.9. The fourth-order valence-electron chi connectivity index (χ4n) is 1.29. The Balaban J connectivity index is 2.71. The molecule has 1 aromatic heterocycles. The molecule has 0 amide bonds. The van der Waals surface area contributed by atoms with Crippen LogP contribution in [0, 0.1) is 0 Å². The van der Waals surface area contributed by atoms with Crippen molar-refractivity contribution in [3.63, 3.8) is 0 Å². The van der Waals surface area contributed by atoms with Crippen LogP contribution in [0.3, 0.4) is 0 Å². The lowest BCUT2D eigenvalue weighted by atomic mass is 10.1. The number of hydrogen-bond acceptors (Lipinski definition) is 4. The molecule has 0 spiro atoms. The van der Waals surface area contributed by atoms with Gasteiger partial charge in [-0.2, -0.15) is 0 Å². The number of aliphatic hydroxyl groups excluding tert-OH is 1. The Morgan fingerprint density at radius 2 is 2.40 bits per heavy atom. The van der Waals surface area contributed by atoms with Crippen molar-refractivity contribution in [3.05, 3.63) is 20.8 Å². The average Bonchev–Trinajstić information content (AvgIpc) is 2.65. The zero-order valence-electron chi connectivity index (χ0n) is 8.65. The first-order valence-corrected chi connectivity index (χ1v) is 7.63. The second kappa shape index (κ2) is 6.91. The lowest BCUT2D eigenvalue weighted by Gasteiger charge is -2.20. The standard InChI is InChI=1S/C10H16BrNOS2/c1-2-8(12)10(14-4-3-13)9-5-7(11)6-15-9/h5-6,8,10,13H,2-4,12H2,1H3. The topological polar surface area (TPSA) is 46.2 Å². The Bertz CT molecular complexity index is 293. The Kier molecular flexibility index (Phi) is 6.23. The lowest BCUT2D eigenvalue weighted by molar-refractivity contribution is 0.322. The molecule has 1 rings (SSSR count). The van der Waals surface area contributed by atoms with E-state index in [-0.39, 0.29) is 12.6 Å². The van der Waals surface area contributed by atoms with Gasteiger partial charge in [-0.3, -0.25) is 0 Å². The number of nitrogens with two attached hydrogens (primary N) is 1. The molecular weight excluding hydrogens is 294 g/mol. The van der Waals surface area contributed by atoms with Gasteiger partial charge in [0, 0.05) is 26.5 Å². The second-order valence-corrected chi connectivity index (χ2v) is 6.36. The van der Waals surface area contributed by atoms with Crippen molar-refractivity contribution in [2.24, 2.45) is 5.73 Å². The minimum absolute atomic E-state index is 0.159. The van der Waals surface area contributed by atoms with Crippen LogP contribution in [0.2, 0.25) is 0 Å². The number of rotatable bonds is 6. The van der Waals surface area contributed by atoms with Crippen LogP contribution < -0.4 is 5.73 Å². The molecule has 1 heterocycles. The summed E-state index contributed by atoms with van der Waals surface area (Å²) in [7, 11) is 0. The van der Waals surface area contributed by atoms with E-state index in [0.717, 1.165) is 16.6 Å². The number of hydrogen-bond donors (Lipinski definition) is 2. The predicted octanol–water partition coefficient (Wildman–Crippen LogP) is 3.01. The molecule has 0 radical (unpaired) electrons. The van der Waals surface area contributed by atoms with Crippen LogP contribution in [-0.2, 0) is 0 Å². The molecule has 0 saturated heterocycles. The SMILES string of the molecule is CCC(N)C(SCCO)c1cc(Br)cs1. The summed E-state index contributed by atoms with van der Waals surface area (Å²) in [6.45, 7) is 2.31. The Hall–Kier alpha value is 0.450. The Morgan fingerprint density at radius 1 is 1.67 bits per heavy atom. The van der Waals surface area contributed by atoms with Gasteiger partial charge in [0.1, 0.15) is 0 Å². The van der Waals surface area contributed by atoms with Gasteiger partial charge >= 0.3 is 0 Å². The van der Waals surface area contributed by atoms with Gasteiger partial charge in [-0.15, -0.1) is 23.1 Å². The molecule has 0 aromatic carbocycles. The van der Waals surface area contributed by atoms with Crippen molar-refractivity contribution in [2.45, 2.75) is 24.6 Å². The van der Waals surface area contributed by atoms with Gasteiger partial charge in [0.15, 0.2) is 0 Å². The van der Waals surface area contributed by atoms with Crippen molar-refractivity contribution in [1.29, 1.82) is 0 Å². The van der Waals surface area contributed by atoms with Gasteiger partial charge in [-0.05, 0) is 28.4 Å². The molecule has 0 fully saturated rings. The molecule has 0 aliphatic rings. The summed E-state index contributed by atoms with van der Waals surface area (Å²) >= 11 is 6.91. The molecule has 1 aromatic rings. The third-order valence-electron chi connectivity index (χ3n) is 2.12. The molecule has 0 bridgehead atoms. The van der Waals surface area contributed by atoms with E-state index in [1.54, 1.807) is 23.1 Å². The highest BCUT2D eigenvalue weighted by Gasteiger charge is 2.20. The van der Waals surface area contributed by atoms with Gasteiger partial charge in [0.05, 0.1) is 11.9 Å². The summed E-state index contributed by atoms with van der Waals surface area (Å²) in [5.41, 5.74) is 6.09. The van der Waals surface area contributed by atoms with E-state index in [1.165, 1.54) is 4.88 Å². The van der Waals surface area contributed by atoms with Crippen LogP contribution in [0.25, 0.3) is 0 Å². The van der Waals surface area contributed by atoms with Crippen LogP contribution in [0.5, 0.6) is 0 Å². The maximum Gasteiger partial charge on any atom is 0.0543 e. The van der Waals surface area contributed by atoms with E-state index >= 15 is 0 Å². The molecule has 5 heteroatoms. The number of thioether (sulfide) groups is 1. The third kappa shape index (κ3) is 4.07. The first-order valence-electron chi connectivity index (χ1n) is 4.91. The quantitative estimate of drug-likeness (QED) is 0.849. The third-order valence-corrected chi connectivity index (χ3v) is 5.42. The van der Waals surface area contributed by atoms with Crippen molar-refractivity contribution in [3.8, 4) is 0 Å². The van der Waals surface area contributed by atoms with E-state index in [4.69, 9.17) is 10.8 Å². The highest BCUT2D eigenvalue weighted by molar-refractivity contribution is 9.10. The second-order valence-electron chi connectivity index (χ2n) is 3.25. The number of halogens is 1. The molecule has 0 saturated carbocycles. The molecular formula is C10H16BrNOS2. The summed E-state index contributed by atoms with van der Waals surface area (Å²) in [5.74, 6) is 0.744. The molecule has 2 nitrogen and oxygen atoms in total. The molecule has 86 valence electrons. The molecule has 15 heavy (non-hydrogen) atoms. The van der Waals surface area contributed by atoms with Gasteiger partial charge in [-0.25, -0.2) is 0 Å². The molecule has 0 aliphatic heterocycles. The van der Waals surface area contributed by atoms with Gasteiger partial charge in [0.2, 0.25) is 0 Å². The number of thiophene rings is 1. The monoisotopic (exact) mass is 309 g/mol. The highest BCUT2D eigenvalue weighted by atomic mass is 79.9. The molecule has 2 atom stereocenters. The molecule has 3 N–H and O–H groups in total. The first kappa shape index (κ1) is 13.5. The summed E-state index contributed by atoms with van der Waals surface area (Å²) < 4.78 is 1.11. The zero-order chi connectivity index (χ0) is 11.3. The summed E-state index contributed by atoms with van der Waals surface area (Å²) in [6.07, 6.45) is 0.957. The van der Waals surface area contributed by atoms with Crippen LogP contribution in [0.1, 0.15) is 23.5 Å². The first-order chi connectivity index (χ1) is 7.19. The summed E-state index contributed by atoms with van der Waals surface area (Å²) in [6, 6.07) is 2.28. The lowest BCUT2D eigenvalue weighted by Crippen LogP contribution is -2.25. The fraction of sp³-hybridized carbons (Fsp3) is 0.600. The van der Waals surface area contributed by atoms with Crippen LogP contribution in [0.15, 0.2) is 15.9 Å². The van der Waals surface area contributed by atoms with E-state index in [0.29, 0.717) is 5.25 Å². The van der Waals surface area contributed by atoms with E-state index in [1.807, 2.05) is 0 Å². The fourth-order valence-corrected chi connectivity index (χ4v) is 4.19. The molecule has 2 unspecified atom stereocenters. The van der Waals surface area contributed by atoms with Crippen molar-refractivity contribution in [1.82, 2.24) is 0 Å². The Labute approximate surface area is 107 Å². The summed E-state index contributed by atoms with van der Waals surface area (Å²) in [4.78, 5) is 1.29. The normalized spacial score (nSPS) is 15.2. The van der Waals surface area contributed by atoms with Crippen LogP contribution in [0.4, 0.5) is 0 Å². The minimum Gasteiger partial charge on any atom is -0.396 e. The van der Waals surface area contributed by atoms with E-state index < -0.39 is 0 Å². The van der Waals surface area contributed by atoms with E-state index in [9.17, 15) is 0 Å². The predicted molar refractivity (Wildman–Crippen MR) is 72.6 cm³/mol. The molecule has 0 aliphatic carbocycles. The van der Waals surface area contributed by atoms with Crippen molar-refractivity contribution in [2.75, 3.05) is 12.4 Å². The van der Waals surface area contributed by atoms with Crippen molar-refractivity contribution < 1.29 is 5.11 Å². The summed E-state index contributed by atoms with van der Waals surface area (Å²) in [5, 5.41) is 11.2. The van der Waals surface area contributed by atoms with Gasteiger partial charge < -0.3 is 10.8 Å². The van der Waals surface area contributed by atoms with Gasteiger partial charge in [0.25, 0.3) is 0 Å².